The fraction of sp³-hybridized carbons (Fsp3) is 0. The van der Waals surface area contributed by atoms with Crippen LogP contribution in [0.1, 0.15) is 5.56 Å². The highest BCUT2D eigenvalue weighted by Crippen LogP contribution is 2.38. The van der Waals surface area contributed by atoms with Crippen molar-refractivity contribution in [1.82, 2.24) is 4.98 Å². The molecule has 0 spiro atoms. The van der Waals surface area contributed by atoms with Crippen LogP contribution in [0.3, 0.4) is 0 Å². The number of pyridine rings is 1. The molecule has 0 radical (unpaired) electrons. The van der Waals surface area contributed by atoms with Crippen LogP contribution in [-0.4, -0.2) is 4.98 Å². The van der Waals surface area contributed by atoms with Crippen molar-refractivity contribution in [3.8, 4) is 17.3 Å². The second kappa shape index (κ2) is 4.93. The summed E-state index contributed by atoms with van der Waals surface area (Å²) in [5.74, 6) is 0. The molecule has 0 saturated heterocycles. The third kappa shape index (κ3) is 2.23. The highest BCUT2D eigenvalue weighted by Gasteiger charge is 2.14. The molecule has 0 saturated carbocycles. The van der Waals surface area contributed by atoms with Crippen molar-refractivity contribution >= 4 is 34.8 Å². The first-order chi connectivity index (χ1) is 8.15. The lowest BCUT2D eigenvalue weighted by atomic mass is 10.1. The maximum Gasteiger partial charge on any atom is 0.101 e. The Balaban J connectivity index is 2.70. The molecule has 0 aliphatic heterocycles. The summed E-state index contributed by atoms with van der Waals surface area (Å²) < 4.78 is 0. The summed E-state index contributed by atoms with van der Waals surface area (Å²) in [6, 6.07) is 8.73. The van der Waals surface area contributed by atoms with E-state index in [1.165, 1.54) is 0 Å². The summed E-state index contributed by atoms with van der Waals surface area (Å²) in [6.45, 7) is 0. The Hall–Kier alpha value is -1.27. The number of benzene rings is 1. The summed E-state index contributed by atoms with van der Waals surface area (Å²) in [5.41, 5.74) is 1.53. The lowest BCUT2D eigenvalue weighted by Crippen LogP contribution is -1.90. The topological polar surface area (TPSA) is 36.7 Å². The highest BCUT2D eigenvalue weighted by molar-refractivity contribution is 6.49. The van der Waals surface area contributed by atoms with E-state index in [-0.39, 0.29) is 5.02 Å². The number of rotatable bonds is 1. The van der Waals surface area contributed by atoms with Gasteiger partial charge in [0, 0.05) is 11.8 Å². The molecule has 0 fully saturated rings. The first kappa shape index (κ1) is 12.2. The SMILES string of the molecule is N#Cc1cccnc1-c1ccc(Cl)c(Cl)c1Cl. The molecule has 0 atom stereocenters. The number of hydrogen-bond donors (Lipinski definition) is 0. The minimum absolute atomic E-state index is 0.264. The van der Waals surface area contributed by atoms with Gasteiger partial charge in [-0.25, -0.2) is 0 Å². The van der Waals surface area contributed by atoms with E-state index < -0.39 is 0 Å². The van der Waals surface area contributed by atoms with Crippen LogP contribution >= 0.6 is 34.8 Å². The summed E-state index contributed by atoms with van der Waals surface area (Å²) in [4.78, 5) is 4.14. The van der Waals surface area contributed by atoms with Gasteiger partial charge in [-0.3, -0.25) is 4.98 Å². The molecule has 0 N–H and O–H groups in total. The maximum absolute atomic E-state index is 9.00. The molecule has 0 bridgehead atoms. The molecule has 5 heteroatoms. The Morgan fingerprint density at radius 3 is 2.53 bits per heavy atom. The number of aromatic nitrogens is 1. The molecule has 17 heavy (non-hydrogen) atoms. The summed E-state index contributed by atoms with van der Waals surface area (Å²) >= 11 is 17.9. The van der Waals surface area contributed by atoms with Gasteiger partial charge in [-0.1, -0.05) is 34.8 Å². The summed E-state index contributed by atoms with van der Waals surface area (Å²) in [6.07, 6.45) is 1.59. The van der Waals surface area contributed by atoms with Crippen LogP contribution in [0.5, 0.6) is 0 Å². The molecule has 0 aliphatic carbocycles. The van der Waals surface area contributed by atoms with Gasteiger partial charge in [-0.05, 0) is 24.3 Å². The predicted octanol–water partition coefficient (Wildman–Crippen LogP) is 4.58. The van der Waals surface area contributed by atoms with E-state index >= 15 is 0 Å². The first-order valence-electron chi connectivity index (χ1n) is 4.64. The van der Waals surface area contributed by atoms with Gasteiger partial charge < -0.3 is 0 Å². The molecule has 0 unspecified atom stereocenters. The molecule has 2 aromatic rings. The molecule has 1 aromatic carbocycles. The highest BCUT2D eigenvalue weighted by atomic mass is 35.5. The van der Waals surface area contributed by atoms with Crippen molar-refractivity contribution in [2.24, 2.45) is 0 Å². The average Bonchev–Trinajstić information content (AvgIpc) is 2.36. The molecule has 2 rings (SSSR count). The van der Waals surface area contributed by atoms with E-state index in [2.05, 4.69) is 11.1 Å². The Morgan fingerprint density at radius 2 is 1.82 bits per heavy atom. The van der Waals surface area contributed by atoms with Crippen LogP contribution in [0.2, 0.25) is 15.1 Å². The monoisotopic (exact) mass is 282 g/mol. The standard InChI is InChI=1S/C12H5Cl3N2/c13-9-4-3-8(10(14)11(9)15)12-7(6-16)2-1-5-17-12/h1-5H. The second-order valence-corrected chi connectivity index (χ2v) is 4.40. The van der Waals surface area contributed by atoms with Gasteiger partial charge in [0.1, 0.15) is 6.07 Å². The van der Waals surface area contributed by atoms with E-state index in [0.29, 0.717) is 26.9 Å². The minimum atomic E-state index is 0.264. The van der Waals surface area contributed by atoms with Crippen LogP contribution < -0.4 is 0 Å². The van der Waals surface area contributed by atoms with E-state index in [4.69, 9.17) is 40.1 Å². The second-order valence-electron chi connectivity index (χ2n) is 3.23. The van der Waals surface area contributed by atoms with Crippen LogP contribution in [0.25, 0.3) is 11.3 Å². The molecule has 2 nitrogen and oxygen atoms in total. The third-order valence-electron chi connectivity index (χ3n) is 2.22. The molecular weight excluding hydrogens is 279 g/mol. The van der Waals surface area contributed by atoms with Crippen molar-refractivity contribution in [2.45, 2.75) is 0 Å². The van der Waals surface area contributed by atoms with E-state index in [1.807, 2.05) is 0 Å². The Kier molecular flexibility index (Phi) is 3.54. The van der Waals surface area contributed by atoms with Crippen molar-refractivity contribution in [3.63, 3.8) is 0 Å². The molecule has 1 heterocycles. The smallest absolute Gasteiger partial charge is 0.101 e. The minimum Gasteiger partial charge on any atom is -0.255 e. The molecule has 0 aliphatic rings. The van der Waals surface area contributed by atoms with Gasteiger partial charge in [-0.15, -0.1) is 0 Å². The quantitative estimate of drug-likeness (QED) is 0.718. The lowest BCUT2D eigenvalue weighted by molar-refractivity contribution is 1.30. The fourth-order valence-corrected chi connectivity index (χ4v) is 2.04. The molecular formula is C12H5Cl3N2. The first-order valence-corrected chi connectivity index (χ1v) is 5.77. The van der Waals surface area contributed by atoms with Crippen molar-refractivity contribution in [1.29, 1.82) is 5.26 Å². The Bertz CT molecular complexity index is 618. The van der Waals surface area contributed by atoms with Crippen molar-refractivity contribution in [2.75, 3.05) is 0 Å². The molecule has 0 amide bonds. The lowest BCUT2D eigenvalue weighted by Gasteiger charge is -2.07. The number of hydrogen-bond acceptors (Lipinski definition) is 2. The zero-order valence-corrected chi connectivity index (χ0v) is 10.7. The normalized spacial score (nSPS) is 10.0. The van der Waals surface area contributed by atoms with Gasteiger partial charge in [0.25, 0.3) is 0 Å². The number of nitriles is 1. The van der Waals surface area contributed by atoms with Gasteiger partial charge in [0.05, 0.1) is 26.3 Å². The largest absolute Gasteiger partial charge is 0.255 e. The summed E-state index contributed by atoms with van der Waals surface area (Å²) in [5, 5.41) is 9.94. The summed E-state index contributed by atoms with van der Waals surface area (Å²) in [7, 11) is 0. The van der Waals surface area contributed by atoms with Crippen LogP contribution in [0.4, 0.5) is 0 Å². The molecule has 1 aromatic heterocycles. The average molecular weight is 284 g/mol. The zero-order chi connectivity index (χ0) is 12.4. The van der Waals surface area contributed by atoms with Crippen molar-refractivity contribution < 1.29 is 0 Å². The predicted molar refractivity (Wildman–Crippen MR) is 69.4 cm³/mol. The fourth-order valence-electron chi connectivity index (χ4n) is 1.42. The Labute approximate surface area is 113 Å². The van der Waals surface area contributed by atoms with E-state index in [0.717, 1.165) is 0 Å². The van der Waals surface area contributed by atoms with Gasteiger partial charge in [0.15, 0.2) is 0 Å². The van der Waals surface area contributed by atoms with E-state index in [9.17, 15) is 0 Å². The Morgan fingerprint density at radius 1 is 1.06 bits per heavy atom. The maximum atomic E-state index is 9.00. The number of nitrogens with zero attached hydrogens (tertiary/aromatic N) is 2. The van der Waals surface area contributed by atoms with Crippen molar-refractivity contribution in [3.05, 3.63) is 51.1 Å². The van der Waals surface area contributed by atoms with Crippen LogP contribution in [0, 0.1) is 11.3 Å². The van der Waals surface area contributed by atoms with Gasteiger partial charge in [0.2, 0.25) is 0 Å². The zero-order valence-electron chi connectivity index (χ0n) is 8.42. The van der Waals surface area contributed by atoms with E-state index in [1.54, 1.807) is 30.5 Å². The van der Waals surface area contributed by atoms with Crippen LogP contribution in [-0.2, 0) is 0 Å². The van der Waals surface area contributed by atoms with Crippen LogP contribution in [0.15, 0.2) is 30.5 Å². The van der Waals surface area contributed by atoms with Gasteiger partial charge in [-0.2, -0.15) is 5.26 Å². The molecule has 84 valence electrons. The third-order valence-corrected chi connectivity index (χ3v) is 3.51. The number of halogens is 3. The van der Waals surface area contributed by atoms with Gasteiger partial charge >= 0.3 is 0 Å².